The van der Waals surface area contributed by atoms with Crippen LogP contribution >= 0.6 is 11.6 Å². The van der Waals surface area contributed by atoms with Gasteiger partial charge in [-0.15, -0.1) is 0 Å². The molecule has 1 aromatic rings. The van der Waals surface area contributed by atoms with E-state index in [1.807, 2.05) is 0 Å². The molecular formula is C8H12ClN3O2. The Morgan fingerprint density at radius 3 is 2.86 bits per heavy atom. The van der Waals surface area contributed by atoms with Crippen LogP contribution in [0.5, 0.6) is 0 Å². The Labute approximate surface area is 87.0 Å². The zero-order valence-corrected chi connectivity index (χ0v) is 8.52. The minimum Gasteiger partial charge on any atom is -0.394 e. The lowest BCUT2D eigenvalue weighted by molar-refractivity contribution is 0.101. The fourth-order valence-corrected chi connectivity index (χ4v) is 1.14. The van der Waals surface area contributed by atoms with Crippen LogP contribution in [0.1, 0.15) is 0 Å². The maximum Gasteiger partial charge on any atom is 0.134 e. The molecule has 6 heteroatoms. The largest absolute Gasteiger partial charge is 0.394 e. The molecule has 0 aliphatic carbocycles. The van der Waals surface area contributed by atoms with Crippen molar-refractivity contribution in [1.29, 1.82) is 0 Å². The van der Waals surface area contributed by atoms with Gasteiger partial charge in [0.1, 0.15) is 17.3 Å². The lowest BCUT2D eigenvalue weighted by Gasteiger charge is -2.20. The molecule has 1 heterocycles. The van der Waals surface area contributed by atoms with Crippen molar-refractivity contribution in [3.05, 3.63) is 17.5 Å². The Kier molecular flexibility index (Phi) is 4.06. The highest BCUT2D eigenvalue weighted by Crippen LogP contribution is 2.12. The van der Waals surface area contributed by atoms with E-state index in [2.05, 4.69) is 9.97 Å². The van der Waals surface area contributed by atoms with Gasteiger partial charge in [0.05, 0.1) is 12.7 Å². The van der Waals surface area contributed by atoms with Crippen LogP contribution in [0.4, 0.5) is 5.82 Å². The van der Waals surface area contributed by atoms with Gasteiger partial charge in [-0.1, -0.05) is 11.6 Å². The van der Waals surface area contributed by atoms with E-state index in [1.165, 1.54) is 6.33 Å². The van der Waals surface area contributed by atoms with E-state index in [9.17, 15) is 5.11 Å². The van der Waals surface area contributed by atoms with E-state index in [-0.39, 0.29) is 6.61 Å². The van der Waals surface area contributed by atoms with Crippen LogP contribution in [0.25, 0.3) is 0 Å². The standard InChI is InChI=1S/C8H12ClN3O2/c1-12(3-6(14)4-13)8-2-7(9)10-5-11-8/h2,5-6,13-14H,3-4H2,1H3. The Bertz CT molecular complexity index is 298. The van der Waals surface area contributed by atoms with E-state index in [0.29, 0.717) is 17.5 Å². The van der Waals surface area contributed by atoms with E-state index in [4.69, 9.17) is 16.7 Å². The van der Waals surface area contributed by atoms with Crippen LogP contribution in [0, 0.1) is 0 Å². The summed E-state index contributed by atoms with van der Waals surface area (Å²) < 4.78 is 0. The van der Waals surface area contributed by atoms with Gasteiger partial charge in [0.2, 0.25) is 0 Å². The average Bonchev–Trinajstić information content (AvgIpc) is 2.17. The molecule has 0 aromatic carbocycles. The minimum absolute atomic E-state index is 0.275. The number of aliphatic hydroxyl groups excluding tert-OH is 2. The summed E-state index contributed by atoms with van der Waals surface area (Å²) in [5, 5.41) is 18.2. The summed E-state index contributed by atoms with van der Waals surface area (Å²) in [4.78, 5) is 9.39. The summed E-state index contributed by atoms with van der Waals surface area (Å²) in [5.74, 6) is 0.609. The quantitative estimate of drug-likeness (QED) is 0.691. The Balaban J connectivity index is 2.64. The summed E-state index contributed by atoms with van der Waals surface area (Å²) in [5.41, 5.74) is 0. The highest BCUT2D eigenvalue weighted by molar-refractivity contribution is 6.29. The van der Waals surface area contributed by atoms with E-state index in [0.717, 1.165) is 0 Å². The van der Waals surface area contributed by atoms with E-state index in [1.54, 1.807) is 18.0 Å². The third kappa shape index (κ3) is 3.10. The number of likely N-dealkylation sites (N-methyl/N-ethyl adjacent to an activating group) is 1. The van der Waals surface area contributed by atoms with Gasteiger partial charge < -0.3 is 15.1 Å². The van der Waals surface area contributed by atoms with Crippen LogP contribution in [-0.4, -0.2) is 46.5 Å². The Hall–Kier alpha value is -0.910. The van der Waals surface area contributed by atoms with Gasteiger partial charge in [-0.25, -0.2) is 9.97 Å². The highest BCUT2D eigenvalue weighted by Gasteiger charge is 2.08. The Morgan fingerprint density at radius 1 is 1.57 bits per heavy atom. The molecule has 0 amide bonds. The van der Waals surface area contributed by atoms with Crippen LogP contribution in [0.15, 0.2) is 12.4 Å². The van der Waals surface area contributed by atoms with Gasteiger partial charge >= 0.3 is 0 Å². The molecule has 1 atom stereocenters. The van der Waals surface area contributed by atoms with Gasteiger partial charge in [-0.2, -0.15) is 0 Å². The molecule has 0 bridgehead atoms. The Morgan fingerprint density at radius 2 is 2.29 bits per heavy atom. The first-order valence-corrected chi connectivity index (χ1v) is 4.49. The van der Waals surface area contributed by atoms with Crippen LogP contribution in [0.3, 0.4) is 0 Å². The first-order chi connectivity index (χ1) is 6.63. The van der Waals surface area contributed by atoms with Crippen molar-refractivity contribution < 1.29 is 10.2 Å². The van der Waals surface area contributed by atoms with E-state index >= 15 is 0 Å². The van der Waals surface area contributed by atoms with Crippen molar-refractivity contribution >= 4 is 17.4 Å². The highest BCUT2D eigenvalue weighted by atomic mass is 35.5. The molecule has 1 aromatic heterocycles. The average molecular weight is 218 g/mol. The number of aliphatic hydroxyl groups is 2. The number of rotatable bonds is 4. The van der Waals surface area contributed by atoms with Gasteiger partial charge in [0.15, 0.2) is 0 Å². The first kappa shape index (κ1) is 11.2. The zero-order chi connectivity index (χ0) is 10.6. The molecule has 14 heavy (non-hydrogen) atoms. The van der Waals surface area contributed by atoms with Crippen LogP contribution in [-0.2, 0) is 0 Å². The smallest absolute Gasteiger partial charge is 0.134 e. The molecule has 78 valence electrons. The molecule has 5 nitrogen and oxygen atoms in total. The van der Waals surface area contributed by atoms with Crippen molar-refractivity contribution in [2.75, 3.05) is 25.1 Å². The lowest BCUT2D eigenvalue weighted by Crippen LogP contribution is -2.31. The number of halogens is 1. The summed E-state index contributed by atoms with van der Waals surface area (Å²) in [7, 11) is 1.75. The second-order valence-electron chi connectivity index (χ2n) is 2.92. The molecule has 0 saturated carbocycles. The third-order valence-corrected chi connectivity index (χ3v) is 1.91. The van der Waals surface area contributed by atoms with Crippen LogP contribution in [0.2, 0.25) is 5.15 Å². The number of hydrogen-bond donors (Lipinski definition) is 2. The predicted molar refractivity (Wildman–Crippen MR) is 53.4 cm³/mol. The minimum atomic E-state index is -0.784. The molecule has 2 N–H and O–H groups in total. The van der Waals surface area contributed by atoms with Crippen molar-refractivity contribution in [2.24, 2.45) is 0 Å². The van der Waals surface area contributed by atoms with Crippen LogP contribution < -0.4 is 4.90 Å². The van der Waals surface area contributed by atoms with Gasteiger partial charge in [0, 0.05) is 19.7 Å². The second kappa shape index (κ2) is 5.09. The fourth-order valence-electron chi connectivity index (χ4n) is 1.00. The zero-order valence-electron chi connectivity index (χ0n) is 7.76. The molecule has 1 rings (SSSR count). The molecule has 0 spiro atoms. The van der Waals surface area contributed by atoms with Crippen molar-refractivity contribution in [2.45, 2.75) is 6.10 Å². The summed E-state index contributed by atoms with van der Waals surface area (Å²) in [6.45, 7) is 0.0208. The topological polar surface area (TPSA) is 69.5 Å². The van der Waals surface area contributed by atoms with Gasteiger partial charge in [-0.05, 0) is 0 Å². The van der Waals surface area contributed by atoms with Gasteiger partial charge in [-0.3, -0.25) is 0 Å². The number of nitrogens with zero attached hydrogens (tertiary/aromatic N) is 3. The van der Waals surface area contributed by atoms with E-state index < -0.39 is 6.10 Å². The molecule has 0 aliphatic rings. The molecule has 1 unspecified atom stereocenters. The first-order valence-electron chi connectivity index (χ1n) is 4.11. The second-order valence-corrected chi connectivity index (χ2v) is 3.30. The molecule has 0 saturated heterocycles. The maximum atomic E-state index is 9.19. The SMILES string of the molecule is CN(CC(O)CO)c1cc(Cl)ncn1. The summed E-state index contributed by atoms with van der Waals surface area (Å²) in [6, 6.07) is 1.59. The van der Waals surface area contributed by atoms with Crippen molar-refractivity contribution in [3.63, 3.8) is 0 Å². The third-order valence-electron chi connectivity index (χ3n) is 1.71. The number of hydrogen-bond acceptors (Lipinski definition) is 5. The molecule has 0 radical (unpaired) electrons. The summed E-state index contributed by atoms with van der Waals surface area (Å²) >= 11 is 5.67. The van der Waals surface area contributed by atoms with Crippen molar-refractivity contribution in [1.82, 2.24) is 9.97 Å². The predicted octanol–water partition coefficient (Wildman–Crippen LogP) is -0.0806. The lowest BCUT2D eigenvalue weighted by atomic mass is 10.3. The fraction of sp³-hybridized carbons (Fsp3) is 0.500. The molecular weight excluding hydrogens is 206 g/mol. The normalized spacial score (nSPS) is 12.6. The maximum absolute atomic E-state index is 9.19. The number of anilines is 1. The molecule has 0 aliphatic heterocycles. The number of aromatic nitrogens is 2. The van der Waals surface area contributed by atoms with Crippen molar-refractivity contribution in [3.8, 4) is 0 Å². The monoisotopic (exact) mass is 217 g/mol. The van der Waals surface area contributed by atoms with Gasteiger partial charge in [0.25, 0.3) is 0 Å². The summed E-state index contributed by atoms with van der Waals surface area (Å²) in [6.07, 6.45) is 0.563. The molecule has 0 fully saturated rings.